The van der Waals surface area contributed by atoms with Gasteiger partial charge >= 0.3 is 0 Å². The average Bonchev–Trinajstić information content (AvgIpc) is 2.59. The Morgan fingerprint density at radius 1 is 1.22 bits per heavy atom. The van der Waals surface area contributed by atoms with Crippen LogP contribution in [-0.4, -0.2) is 40.3 Å². The van der Waals surface area contributed by atoms with Crippen molar-refractivity contribution in [3.63, 3.8) is 0 Å². The quantitative estimate of drug-likeness (QED) is 0.666. The van der Waals surface area contributed by atoms with Gasteiger partial charge in [0.15, 0.2) is 0 Å². The Hall–Kier alpha value is -2.51. The molecule has 1 fully saturated rings. The average molecular weight is 319 g/mol. The van der Waals surface area contributed by atoms with E-state index in [9.17, 15) is 14.4 Å². The second-order valence-corrected chi connectivity index (χ2v) is 5.62. The molecule has 1 heterocycles. The van der Waals surface area contributed by atoms with Crippen molar-refractivity contribution in [3.05, 3.63) is 24.3 Å². The maximum absolute atomic E-state index is 12.3. The van der Waals surface area contributed by atoms with Crippen molar-refractivity contribution < 1.29 is 14.4 Å². The van der Waals surface area contributed by atoms with Crippen molar-refractivity contribution in [2.24, 2.45) is 11.7 Å². The highest BCUT2D eigenvalue weighted by Gasteiger charge is 2.31. The Balaban J connectivity index is 2.07. The first-order valence-electron chi connectivity index (χ1n) is 7.71. The van der Waals surface area contributed by atoms with Crippen molar-refractivity contribution in [3.8, 4) is 0 Å². The van der Waals surface area contributed by atoms with Crippen LogP contribution in [0.3, 0.4) is 0 Å². The number of nitrogens with one attached hydrogen (secondary N) is 2. The van der Waals surface area contributed by atoms with Gasteiger partial charge in [-0.25, -0.2) is 4.98 Å². The number of aromatic nitrogens is 2. The molecule has 1 unspecified atom stereocenters. The molecular formula is C15H21N5O3. The largest absolute Gasteiger partial charge is 0.368 e. The summed E-state index contributed by atoms with van der Waals surface area (Å²) in [6.07, 6.45) is 9.10. The van der Waals surface area contributed by atoms with E-state index in [-0.39, 0.29) is 18.2 Å². The number of nitrogens with two attached hydrogens (primary N) is 1. The molecule has 8 nitrogen and oxygen atoms in total. The lowest BCUT2D eigenvalue weighted by Crippen LogP contribution is -2.52. The Labute approximate surface area is 134 Å². The van der Waals surface area contributed by atoms with Crippen LogP contribution in [0.25, 0.3) is 0 Å². The molecule has 1 aromatic heterocycles. The first kappa shape index (κ1) is 16.9. The minimum atomic E-state index is -0.704. The predicted octanol–water partition coefficient (Wildman–Crippen LogP) is -0.243. The number of primary amides is 1. The van der Waals surface area contributed by atoms with Crippen molar-refractivity contribution in [2.45, 2.75) is 38.1 Å². The summed E-state index contributed by atoms with van der Waals surface area (Å²) in [5.41, 5.74) is 5.20. The molecule has 3 amide bonds. The van der Waals surface area contributed by atoms with Gasteiger partial charge in [-0.15, -0.1) is 0 Å². The molecule has 1 aliphatic carbocycles. The van der Waals surface area contributed by atoms with Crippen molar-refractivity contribution >= 4 is 17.7 Å². The van der Waals surface area contributed by atoms with Crippen LogP contribution in [-0.2, 0) is 9.59 Å². The molecular weight excluding hydrogens is 298 g/mol. The Morgan fingerprint density at radius 3 is 2.57 bits per heavy atom. The summed E-state index contributed by atoms with van der Waals surface area (Å²) in [7, 11) is 0. The topological polar surface area (TPSA) is 127 Å². The van der Waals surface area contributed by atoms with E-state index in [1.807, 2.05) is 0 Å². The Kier molecular flexibility index (Phi) is 6.02. The van der Waals surface area contributed by atoms with Crippen LogP contribution in [0.1, 0.15) is 42.6 Å². The van der Waals surface area contributed by atoms with E-state index in [2.05, 4.69) is 20.6 Å². The lowest BCUT2D eigenvalue weighted by atomic mass is 9.83. The zero-order chi connectivity index (χ0) is 16.7. The highest BCUT2D eigenvalue weighted by atomic mass is 16.2. The maximum atomic E-state index is 12.3. The number of amides is 3. The fourth-order valence-electron chi connectivity index (χ4n) is 2.78. The van der Waals surface area contributed by atoms with Crippen LogP contribution < -0.4 is 16.4 Å². The third-order valence-electron chi connectivity index (χ3n) is 3.92. The van der Waals surface area contributed by atoms with Gasteiger partial charge in [0.1, 0.15) is 11.7 Å². The minimum Gasteiger partial charge on any atom is -0.368 e. The molecule has 1 saturated carbocycles. The van der Waals surface area contributed by atoms with Gasteiger partial charge in [-0.2, -0.15) is 0 Å². The van der Waals surface area contributed by atoms with Gasteiger partial charge in [0.2, 0.25) is 11.8 Å². The molecule has 8 heteroatoms. The third kappa shape index (κ3) is 5.01. The summed E-state index contributed by atoms with van der Waals surface area (Å²) in [5, 5.41) is 5.19. The molecule has 0 aliphatic heterocycles. The Morgan fingerprint density at radius 2 is 1.96 bits per heavy atom. The maximum Gasteiger partial charge on any atom is 0.272 e. The highest BCUT2D eigenvalue weighted by molar-refractivity contribution is 5.96. The zero-order valence-corrected chi connectivity index (χ0v) is 12.8. The molecule has 0 radical (unpaired) electrons. The lowest BCUT2D eigenvalue weighted by molar-refractivity contribution is -0.127. The van der Waals surface area contributed by atoms with Crippen LogP contribution in [0.5, 0.6) is 0 Å². The molecule has 1 aromatic rings. The van der Waals surface area contributed by atoms with E-state index in [0.29, 0.717) is 0 Å². The van der Waals surface area contributed by atoms with Crippen molar-refractivity contribution in [2.75, 3.05) is 6.54 Å². The summed E-state index contributed by atoms with van der Waals surface area (Å²) < 4.78 is 0. The van der Waals surface area contributed by atoms with E-state index in [1.165, 1.54) is 18.6 Å². The highest BCUT2D eigenvalue weighted by Crippen LogP contribution is 2.26. The van der Waals surface area contributed by atoms with Crippen LogP contribution in [0.2, 0.25) is 0 Å². The van der Waals surface area contributed by atoms with Crippen molar-refractivity contribution in [1.29, 1.82) is 0 Å². The molecule has 4 N–H and O–H groups in total. The van der Waals surface area contributed by atoms with Crippen LogP contribution >= 0.6 is 0 Å². The number of hydrogen-bond acceptors (Lipinski definition) is 5. The van der Waals surface area contributed by atoms with Gasteiger partial charge in [0, 0.05) is 12.4 Å². The number of carbonyl (C=O) groups excluding carboxylic acids is 3. The van der Waals surface area contributed by atoms with Crippen LogP contribution in [0.4, 0.5) is 0 Å². The fraction of sp³-hybridized carbons (Fsp3) is 0.533. The van der Waals surface area contributed by atoms with E-state index < -0.39 is 23.8 Å². The zero-order valence-electron chi connectivity index (χ0n) is 12.8. The molecule has 0 bridgehead atoms. The summed E-state index contributed by atoms with van der Waals surface area (Å²) in [4.78, 5) is 43.2. The van der Waals surface area contributed by atoms with Gasteiger partial charge in [0.05, 0.1) is 12.7 Å². The first-order chi connectivity index (χ1) is 11.1. The standard InChI is InChI=1S/C15H21N5O3/c16-12(21)9-19-15(23)13(10-4-2-1-3-5-10)20-14(22)11-8-17-6-7-18-11/h6-8,10,13H,1-5,9H2,(H2,16,21)(H,19,23)(H,20,22). The SMILES string of the molecule is NC(=O)CNC(=O)C(NC(=O)c1cnccn1)C1CCCCC1. The molecule has 2 rings (SSSR count). The molecule has 0 spiro atoms. The van der Waals surface area contributed by atoms with Gasteiger partial charge in [0.25, 0.3) is 5.91 Å². The molecule has 1 aliphatic rings. The van der Waals surface area contributed by atoms with Gasteiger partial charge in [-0.05, 0) is 18.8 Å². The second-order valence-electron chi connectivity index (χ2n) is 5.62. The summed E-state index contributed by atoms with van der Waals surface area (Å²) >= 11 is 0. The van der Waals surface area contributed by atoms with Crippen molar-refractivity contribution in [1.82, 2.24) is 20.6 Å². The summed E-state index contributed by atoms with van der Waals surface area (Å²) in [5.74, 6) is -1.44. The number of carbonyl (C=O) groups is 3. The smallest absolute Gasteiger partial charge is 0.272 e. The monoisotopic (exact) mass is 319 g/mol. The molecule has 0 aromatic carbocycles. The number of rotatable bonds is 6. The normalized spacial score (nSPS) is 16.3. The molecule has 0 saturated heterocycles. The number of nitrogens with zero attached hydrogens (tertiary/aromatic N) is 2. The molecule has 23 heavy (non-hydrogen) atoms. The molecule has 124 valence electrons. The summed E-state index contributed by atoms with van der Waals surface area (Å²) in [6.45, 7) is -0.247. The lowest BCUT2D eigenvalue weighted by Gasteiger charge is -2.29. The Bertz CT molecular complexity index is 557. The van der Waals surface area contributed by atoms with Gasteiger partial charge in [-0.1, -0.05) is 19.3 Å². The van der Waals surface area contributed by atoms with E-state index in [4.69, 9.17) is 5.73 Å². The van der Waals surface area contributed by atoms with Gasteiger partial charge in [-0.3, -0.25) is 19.4 Å². The predicted molar refractivity (Wildman–Crippen MR) is 82.1 cm³/mol. The minimum absolute atomic E-state index is 0.0391. The summed E-state index contributed by atoms with van der Waals surface area (Å²) in [6, 6.07) is -0.704. The second kappa shape index (κ2) is 8.21. The van der Waals surface area contributed by atoms with Gasteiger partial charge < -0.3 is 16.4 Å². The van der Waals surface area contributed by atoms with E-state index in [0.717, 1.165) is 32.1 Å². The fourth-order valence-corrected chi connectivity index (χ4v) is 2.78. The first-order valence-corrected chi connectivity index (χ1v) is 7.71. The third-order valence-corrected chi connectivity index (χ3v) is 3.92. The van der Waals surface area contributed by atoms with Crippen LogP contribution in [0.15, 0.2) is 18.6 Å². The number of hydrogen-bond donors (Lipinski definition) is 3. The van der Waals surface area contributed by atoms with E-state index >= 15 is 0 Å². The van der Waals surface area contributed by atoms with Crippen LogP contribution in [0, 0.1) is 5.92 Å². The van der Waals surface area contributed by atoms with E-state index in [1.54, 1.807) is 0 Å². The molecule has 1 atom stereocenters.